The number of carbonyl (C=O) groups is 1. The van der Waals surface area contributed by atoms with Gasteiger partial charge in [0.2, 0.25) is 5.91 Å². The largest absolute Gasteiger partial charge is 0.398 e. The topological polar surface area (TPSA) is 96.1 Å². The molecule has 0 saturated heterocycles. The van der Waals surface area contributed by atoms with Crippen molar-refractivity contribution < 1.29 is 4.79 Å². The number of benzene rings is 1. The predicted octanol–water partition coefficient (Wildman–Crippen LogP) is 0.715. The summed E-state index contributed by atoms with van der Waals surface area (Å²) >= 11 is 0. The highest BCUT2D eigenvalue weighted by Crippen LogP contribution is 2.27. The first kappa shape index (κ1) is 13.1. The Kier molecular flexibility index (Phi) is 3.83. The molecule has 5 nitrogen and oxygen atoms in total. The summed E-state index contributed by atoms with van der Waals surface area (Å²) in [5.74, 6) is -0.317. The van der Waals surface area contributed by atoms with Crippen molar-refractivity contribution in [1.29, 1.82) is 5.26 Å². The third kappa shape index (κ3) is 3.12. The summed E-state index contributed by atoms with van der Waals surface area (Å²) < 4.78 is 0. The van der Waals surface area contributed by atoms with E-state index in [1.807, 2.05) is 17.0 Å². The van der Waals surface area contributed by atoms with E-state index in [9.17, 15) is 4.79 Å². The number of carbonyl (C=O) groups excluding carboxylic acids is 1. The normalized spacial score (nSPS) is 15.6. The van der Waals surface area contributed by atoms with Crippen LogP contribution in [0.2, 0.25) is 0 Å². The summed E-state index contributed by atoms with van der Waals surface area (Å²) in [6.45, 7) is 1.72. The van der Waals surface area contributed by atoms with Gasteiger partial charge in [-0.25, -0.2) is 0 Å². The lowest BCUT2D eigenvalue weighted by atomic mass is 9.96. The van der Waals surface area contributed by atoms with E-state index in [1.54, 1.807) is 12.1 Å². The van der Waals surface area contributed by atoms with Crippen LogP contribution in [0.25, 0.3) is 5.57 Å². The lowest BCUT2D eigenvalue weighted by molar-refractivity contribution is -0.119. The molecule has 0 aromatic heterocycles. The number of hydrogen-bond acceptors (Lipinski definition) is 4. The Morgan fingerprint density at radius 2 is 2.26 bits per heavy atom. The number of nitrogen functional groups attached to an aromatic ring is 1. The molecular formula is C14H16N4O. The summed E-state index contributed by atoms with van der Waals surface area (Å²) in [6.07, 6.45) is 2.84. The summed E-state index contributed by atoms with van der Waals surface area (Å²) in [4.78, 5) is 12.8. The predicted molar refractivity (Wildman–Crippen MR) is 73.8 cm³/mol. The van der Waals surface area contributed by atoms with Gasteiger partial charge in [0.1, 0.15) is 0 Å². The molecule has 2 rings (SSSR count). The Bertz CT molecular complexity index is 571. The summed E-state index contributed by atoms with van der Waals surface area (Å²) in [5.41, 5.74) is 14.4. The van der Waals surface area contributed by atoms with Crippen LogP contribution < -0.4 is 11.5 Å². The molecule has 1 aliphatic heterocycles. The number of amides is 1. The molecule has 0 atom stereocenters. The molecule has 0 radical (unpaired) electrons. The van der Waals surface area contributed by atoms with Crippen LogP contribution in [-0.4, -0.2) is 30.4 Å². The highest BCUT2D eigenvalue weighted by atomic mass is 16.1. The molecule has 1 aromatic rings. The maximum absolute atomic E-state index is 10.9. The number of anilines is 1. The van der Waals surface area contributed by atoms with Crippen LogP contribution in [0.4, 0.5) is 5.69 Å². The van der Waals surface area contributed by atoms with Crippen molar-refractivity contribution in [1.82, 2.24) is 4.90 Å². The molecule has 1 amide bonds. The van der Waals surface area contributed by atoms with Gasteiger partial charge in [-0.05, 0) is 30.2 Å². The van der Waals surface area contributed by atoms with Crippen LogP contribution >= 0.6 is 0 Å². The second kappa shape index (κ2) is 5.55. The van der Waals surface area contributed by atoms with Crippen molar-refractivity contribution in [3.63, 3.8) is 0 Å². The number of nitrogens with zero attached hydrogens (tertiary/aromatic N) is 2. The number of nitrogens with two attached hydrogens (primary N) is 2. The maximum atomic E-state index is 10.9. The fourth-order valence-corrected chi connectivity index (χ4v) is 2.22. The second-order valence-electron chi connectivity index (χ2n) is 4.59. The molecule has 0 fully saturated rings. The number of rotatable bonds is 3. The van der Waals surface area contributed by atoms with E-state index in [0.717, 1.165) is 24.1 Å². The van der Waals surface area contributed by atoms with Gasteiger partial charge in [0, 0.05) is 24.3 Å². The lowest BCUT2D eigenvalue weighted by Crippen LogP contribution is -2.36. The van der Waals surface area contributed by atoms with Gasteiger partial charge in [-0.3, -0.25) is 9.69 Å². The van der Waals surface area contributed by atoms with Crippen LogP contribution in [0.5, 0.6) is 0 Å². The molecule has 4 N–H and O–H groups in total. The van der Waals surface area contributed by atoms with Crippen molar-refractivity contribution in [3.8, 4) is 6.07 Å². The van der Waals surface area contributed by atoms with Crippen molar-refractivity contribution in [3.05, 3.63) is 35.4 Å². The third-order valence-electron chi connectivity index (χ3n) is 3.20. The molecular weight excluding hydrogens is 240 g/mol. The highest BCUT2D eigenvalue weighted by Gasteiger charge is 2.16. The van der Waals surface area contributed by atoms with Gasteiger partial charge >= 0.3 is 0 Å². The van der Waals surface area contributed by atoms with Crippen LogP contribution in [0, 0.1) is 11.3 Å². The molecule has 0 spiro atoms. The number of nitriles is 1. The van der Waals surface area contributed by atoms with Crippen LogP contribution in [0.3, 0.4) is 0 Å². The summed E-state index contributed by atoms with van der Waals surface area (Å²) in [5, 5.41) is 8.92. The first-order chi connectivity index (χ1) is 9.10. The van der Waals surface area contributed by atoms with Gasteiger partial charge < -0.3 is 11.5 Å². The Balaban J connectivity index is 2.18. The minimum absolute atomic E-state index is 0.275. The quantitative estimate of drug-likeness (QED) is 0.778. The van der Waals surface area contributed by atoms with Gasteiger partial charge in [-0.2, -0.15) is 5.26 Å². The molecule has 1 heterocycles. The van der Waals surface area contributed by atoms with Crippen LogP contribution in [0.1, 0.15) is 17.5 Å². The van der Waals surface area contributed by atoms with Gasteiger partial charge in [0.25, 0.3) is 0 Å². The van der Waals surface area contributed by atoms with E-state index in [0.29, 0.717) is 17.8 Å². The molecule has 0 bridgehead atoms. The molecule has 98 valence electrons. The lowest BCUT2D eigenvalue weighted by Gasteiger charge is -2.25. The Morgan fingerprint density at radius 3 is 2.84 bits per heavy atom. The van der Waals surface area contributed by atoms with E-state index < -0.39 is 0 Å². The molecule has 1 aromatic carbocycles. The second-order valence-corrected chi connectivity index (χ2v) is 4.59. The molecule has 1 aliphatic rings. The minimum atomic E-state index is -0.317. The molecule has 5 heteroatoms. The average molecular weight is 256 g/mol. The SMILES string of the molecule is N#Cc1ccc(N)c(C2=CCN(CC(N)=O)CC2)c1. The highest BCUT2D eigenvalue weighted by molar-refractivity contribution is 5.78. The zero-order chi connectivity index (χ0) is 13.8. The first-order valence-corrected chi connectivity index (χ1v) is 6.10. The Hall–Kier alpha value is -2.32. The van der Waals surface area contributed by atoms with Crippen LogP contribution in [-0.2, 0) is 4.79 Å². The summed E-state index contributed by atoms with van der Waals surface area (Å²) in [6, 6.07) is 7.39. The van der Waals surface area contributed by atoms with E-state index in [1.165, 1.54) is 0 Å². The van der Waals surface area contributed by atoms with Crippen LogP contribution in [0.15, 0.2) is 24.3 Å². The smallest absolute Gasteiger partial charge is 0.231 e. The molecule has 19 heavy (non-hydrogen) atoms. The van der Waals surface area contributed by atoms with Gasteiger partial charge in [0.15, 0.2) is 0 Å². The Labute approximate surface area is 112 Å². The first-order valence-electron chi connectivity index (χ1n) is 6.10. The molecule has 0 saturated carbocycles. The van der Waals surface area contributed by atoms with Gasteiger partial charge in [-0.15, -0.1) is 0 Å². The molecule has 0 unspecified atom stereocenters. The van der Waals surface area contributed by atoms with Crippen molar-refractivity contribution in [2.24, 2.45) is 5.73 Å². The van der Waals surface area contributed by atoms with E-state index in [-0.39, 0.29) is 12.5 Å². The van der Waals surface area contributed by atoms with Gasteiger partial charge in [0.05, 0.1) is 18.2 Å². The fourth-order valence-electron chi connectivity index (χ4n) is 2.22. The van der Waals surface area contributed by atoms with Crippen molar-refractivity contribution >= 4 is 17.2 Å². The van der Waals surface area contributed by atoms with Crippen molar-refractivity contribution in [2.75, 3.05) is 25.4 Å². The number of hydrogen-bond donors (Lipinski definition) is 2. The van der Waals surface area contributed by atoms with Crippen molar-refractivity contribution in [2.45, 2.75) is 6.42 Å². The van der Waals surface area contributed by atoms with Gasteiger partial charge in [-0.1, -0.05) is 6.08 Å². The minimum Gasteiger partial charge on any atom is -0.398 e. The third-order valence-corrected chi connectivity index (χ3v) is 3.20. The zero-order valence-corrected chi connectivity index (χ0v) is 10.6. The zero-order valence-electron chi connectivity index (χ0n) is 10.6. The summed E-state index contributed by atoms with van der Waals surface area (Å²) in [7, 11) is 0. The fraction of sp³-hybridized carbons (Fsp3) is 0.286. The average Bonchev–Trinajstić information content (AvgIpc) is 2.40. The number of primary amides is 1. The molecule has 0 aliphatic carbocycles. The Morgan fingerprint density at radius 1 is 1.47 bits per heavy atom. The monoisotopic (exact) mass is 256 g/mol. The standard InChI is InChI=1S/C14H16N4O/c15-8-10-1-2-13(16)12(7-10)11-3-5-18(6-4-11)9-14(17)19/h1-3,7H,4-6,9,16H2,(H2,17,19). The van der Waals surface area contributed by atoms with E-state index in [4.69, 9.17) is 16.7 Å². The van der Waals surface area contributed by atoms with E-state index >= 15 is 0 Å². The van der Waals surface area contributed by atoms with E-state index in [2.05, 4.69) is 6.07 Å². The maximum Gasteiger partial charge on any atom is 0.231 e.